The molecule has 0 fully saturated rings. The Bertz CT molecular complexity index is 1140. The van der Waals surface area contributed by atoms with E-state index in [2.05, 4.69) is 5.32 Å². The maximum absolute atomic E-state index is 12.8. The van der Waals surface area contributed by atoms with Crippen molar-refractivity contribution in [3.8, 4) is 11.5 Å². The number of fused-ring (bicyclic) bond motifs is 1. The largest absolute Gasteiger partial charge is 0.455 e. The van der Waals surface area contributed by atoms with Crippen LogP contribution in [0.3, 0.4) is 0 Å². The quantitative estimate of drug-likeness (QED) is 0.680. The van der Waals surface area contributed by atoms with Gasteiger partial charge in [0, 0.05) is 12.6 Å². The highest BCUT2D eigenvalue weighted by Crippen LogP contribution is 2.30. The second-order valence-corrected chi connectivity index (χ2v) is 6.80. The van der Waals surface area contributed by atoms with Gasteiger partial charge in [-0.05, 0) is 49.4 Å². The summed E-state index contributed by atoms with van der Waals surface area (Å²) in [5, 5.41) is 2.81. The van der Waals surface area contributed by atoms with Crippen LogP contribution in [0.25, 0.3) is 0 Å². The van der Waals surface area contributed by atoms with Crippen molar-refractivity contribution in [2.24, 2.45) is 0 Å². The molecule has 0 bridgehead atoms. The van der Waals surface area contributed by atoms with Crippen LogP contribution in [0.4, 0.5) is 5.69 Å². The number of ether oxygens (including phenoxy) is 1. The predicted octanol–water partition coefficient (Wildman–Crippen LogP) is 4.27. The monoisotopic (exact) mass is 386 g/mol. The molecule has 0 aromatic heterocycles. The minimum atomic E-state index is -0.414. The van der Waals surface area contributed by atoms with E-state index in [1.165, 1.54) is 25.2 Å². The lowest BCUT2D eigenvalue weighted by molar-refractivity contribution is 0.0693. The number of anilines is 1. The molecular formula is C23H18N2O4. The normalized spacial score (nSPS) is 12.7. The van der Waals surface area contributed by atoms with Crippen molar-refractivity contribution in [3.63, 3.8) is 0 Å². The summed E-state index contributed by atoms with van der Waals surface area (Å²) in [6.07, 6.45) is 0. The Morgan fingerprint density at radius 2 is 1.59 bits per heavy atom. The summed E-state index contributed by atoms with van der Waals surface area (Å²) in [7, 11) is 1.42. The number of carbonyl (C=O) groups is 3. The molecule has 1 N–H and O–H groups in total. The molecule has 0 unspecified atom stereocenters. The Labute approximate surface area is 167 Å². The van der Waals surface area contributed by atoms with Crippen molar-refractivity contribution in [1.82, 2.24) is 4.90 Å². The molecule has 6 heteroatoms. The summed E-state index contributed by atoms with van der Waals surface area (Å²) in [6, 6.07) is 19.2. The number of amides is 3. The van der Waals surface area contributed by atoms with Crippen LogP contribution in [0.15, 0.2) is 66.7 Å². The van der Waals surface area contributed by atoms with Gasteiger partial charge in [0.15, 0.2) is 5.75 Å². The number of rotatable bonds is 4. The summed E-state index contributed by atoms with van der Waals surface area (Å²) in [4.78, 5) is 38.0. The van der Waals surface area contributed by atoms with Gasteiger partial charge in [0.1, 0.15) is 5.75 Å². The van der Waals surface area contributed by atoms with Crippen LogP contribution in [-0.2, 0) is 0 Å². The molecule has 144 valence electrons. The van der Waals surface area contributed by atoms with E-state index < -0.39 is 11.8 Å². The first-order valence-electron chi connectivity index (χ1n) is 9.05. The zero-order valence-electron chi connectivity index (χ0n) is 15.9. The maximum atomic E-state index is 12.8. The molecule has 0 saturated heterocycles. The van der Waals surface area contributed by atoms with Crippen molar-refractivity contribution < 1.29 is 19.1 Å². The van der Waals surface area contributed by atoms with E-state index >= 15 is 0 Å². The van der Waals surface area contributed by atoms with Gasteiger partial charge in [-0.1, -0.05) is 29.8 Å². The van der Waals surface area contributed by atoms with E-state index in [-0.39, 0.29) is 17.0 Å². The highest BCUT2D eigenvalue weighted by atomic mass is 16.5. The Balaban J connectivity index is 1.58. The molecule has 29 heavy (non-hydrogen) atoms. The Kier molecular flexibility index (Phi) is 4.60. The number of aryl methyl sites for hydroxylation is 1. The molecule has 0 aliphatic carbocycles. The SMILES string of the molecule is Cc1ccc(Oc2ccccc2NC(=O)c2ccc3c(c2)C(=O)N(C)C3=O)cc1. The van der Waals surface area contributed by atoms with Crippen molar-refractivity contribution in [2.75, 3.05) is 12.4 Å². The molecule has 1 aliphatic rings. The minimum Gasteiger partial charge on any atom is -0.455 e. The fraction of sp³-hybridized carbons (Fsp3) is 0.0870. The Hall–Kier alpha value is -3.93. The second kappa shape index (κ2) is 7.24. The van der Waals surface area contributed by atoms with Crippen molar-refractivity contribution in [2.45, 2.75) is 6.92 Å². The fourth-order valence-electron chi connectivity index (χ4n) is 3.09. The van der Waals surface area contributed by atoms with E-state index in [1.807, 2.05) is 37.3 Å². The van der Waals surface area contributed by atoms with Crippen LogP contribution in [0.1, 0.15) is 36.6 Å². The zero-order chi connectivity index (χ0) is 20.5. The standard InChI is InChI=1S/C23H18N2O4/c1-14-7-10-16(11-8-14)29-20-6-4-3-5-19(20)24-21(26)15-9-12-17-18(13-15)23(28)25(2)22(17)27/h3-13H,1-2H3,(H,24,26). The number of imide groups is 1. The van der Waals surface area contributed by atoms with E-state index in [1.54, 1.807) is 18.2 Å². The maximum Gasteiger partial charge on any atom is 0.261 e. The molecule has 3 aromatic rings. The summed E-state index contributed by atoms with van der Waals surface area (Å²) >= 11 is 0. The molecular weight excluding hydrogens is 368 g/mol. The summed E-state index contributed by atoms with van der Waals surface area (Å²) in [5.74, 6) is -0.0297. The predicted molar refractivity (Wildman–Crippen MR) is 109 cm³/mol. The molecule has 1 aliphatic heterocycles. The summed E-state index contributed by atoms with van der Waals surface area (Å²) < 4.78 is 5.90. The van der Waals surface area contributed by atoms with E-state index in [0.29, 0.717) is 22.7 Å². The smallest absolute Gasteiger partial charge is 0.261 e. The van der Waals surface area contributed by atoms with Gasteiger partial charge in [-0.25, -0.2) is 0 Å². The zero-order valence-corrected chi connectivity index (χ0v) is 15.9. The number of hydrogen-bond donors (Lipinski definition) is 1. The average Bonchev–Trinajstić information content (AvgIpc) is 2.95. The van der Waals surface area contributed by atoms with Gasteiger partial charge in [0.25, 0.3) is 17.7 Å². The van der Waals surface area contributed by atoms with Crippen LogP contribution in [-0.4, -0.2) is 29.7 Å². The lowest BCUT2D eigenvalue weighted by Crippen LogP contribution is -2.24. The molecule has 0 atom stereocenters. The number of nitrogens with one attached hydrogen (secondary N) is 1. The van der Waals surface area contributed by atoms with E-state index in [0.717, 1.165) is 10.5 Å². The highest BCUT2D eigenvalue weighted by Gasteiger charge is 2.33. The molecule has 3 aromatic carbocycles. The van der Waals surface area contributed by atoms with Crippen molar-refractivity contribution >= 4 is 23.4 Å². The second-order valence-electron chi connectivity index (χ2n) is 6.80. The van der Waals surface area contributed by atoms with Crippen molar-refractivity contribution in [3.05, 3.63) is 89.0 Å². The average molecular weight is 386 g/mol. The number of para-hydroxylation sites is 2. The first-order valence-corrected chi connectivity index (χ1v) is 9.05. The number of hydrogen-bond acceptors (Lipinski definition) is 4. The van der Waals surface area contributed by atoms with Gasteiger partial charge in [-0.2, -0.15) is 0 Å². The summed E-state index contributed by atoms with van der Waals surface area (Å²) in [6.45, 7) is 1.99. The molecule has 1 heterocycles. The first-order chi connectivity index (χ1) is 13.9. The minimum absolute atomic E-state index is 0.231. The Morgan fingerprint density at radius 1 is 0.897 bits per heavy atom. The number of carbonyl (C=O) groups excluding carboxylic acids is 3. The third-order valence-corrected chi connectivity index (χ3v) is 4.74. The summed E-state index contributed by atoms with van der Waals surface area (Å²) in [5.41, 5.74) is 2.43. The van der Waals surface area contributed by atoms with Gasteiger partial charge in [0.2, 0.25) is 0 Å². The first kappa shape index (κ1) is 18.4. The number of nitrogens with zero attached hydrogens (tertiary/aromatic N) is 1. The van der Waals surface area contributed by atoms with Crippen LogP contribution in [0.5, 0.6) is 11.5 Å². The Morgan fingerprint density at radius 3 is 2.34 bits per heavy atom. The van der Waals surface area contributed by atoms with Gasteiger partial charge in [0.05, 0.1) is 16.8 Å². The lowest BCUT2D eigenvalue weighted by Gasteiger charge is -2.12. The topological polar surface area (TPSA) is 75.7 Å². The van der Waals surface area contributed by atoms with E-state index in [4.69, 9.17) is 4.74 Å². The fourth-order valence-corrected chi connectivity index (χ4v) is 3.09. The van der Waals surface area contributed by atoms with Crippen LogP contribution >= 0.6 is 0 Å². The van der Waals surface area contributed by atoms with E-state index in [9.17, 15) is 14.4 Å². The van der Waals surface area contributed by atoms with Crippen LogP contribution < -0.4 is 10.1 Å². The molecule has 4 rings (SSSR count). The molecule has 3 amide bonds. The van der Waals surface area contributed by atoms with Crippen LogP contribution in [0, 0.1) is 6.92 Å². The van der Waals surface area contributed by atoms with Gasteiger partial charge in [-0.15, -0.1) is 0 Å². The van der Waals surface area contributed by atoms with Gasteiger partial charge >= 0.3 is 0 Å². The third kappa shape index (κ3) is 3.48. The lowest BCUT2D eigenvalue weighted by atomic mass is 10.1. The molecule has 0 radical (unpaired) electrons. The highest BCUT2D eigenvalue weighted by molar-refractivity contribution is 6.22. The van der Waals surface area contributed by atoms with Crippen LogP contribution in [0.2, 0.25) is 0 Å². The third-order valence-electron chi connectivity index (χ3n) is 4.74. The molecule has 0 spiro atoms. The molecule has 0 saturated carbocycles. The number of benzene rings is 3. The van der Waals surface area contributed by atoms with Gasteiger partial charge < -0.3 is 10.1 Å². The molecule has 6 nitrogen and oxygen atoms in total. The van der Waals surface area contributed by atoms with Crippen molar-refractivity contribution in [1.29, 1.82) is 0 Å². The van der Waals surface area contributed by atoms with Gasteiger partial charge in [-0.3, -0.25) is 19.3 Å².